The van der Waals surface area contributed by atoms with Gasteiger partial charge in [-0.25, -0.2) is 22.7 Å². The minimum Gasteiger partial charge on any atom is -0.497 e. The number of benzene rings is 4. The number of nitrogens with two attached hydrogens (primary N) is 1. The van der Waals surface area contributed by atoms with E-state index >= 15 is 0 Å². The fourth-order valence-electron chi connectivity index (χ4n) is 8.26. The van der Waals surface area contributed by atoms with Crippen LogP contribution in [0.4, 0.5) is 4.79 Å². The van der Waals surface area contributed by atoms with E-state index in [1.165, 1.54) is 11.0 Å². The third-order valence-corrected chi connectivity index (χ3v) is 12.8. The highest BCUT2D eigenvalue weighted by molar-refractivity contribution is 7.90. The van der Waals surface area contributed by atoms with Crippen LogP contribution in [0.3, 0.4) is 0 Å². The van der Waals surface area contributed by atoms with Crippen molar-refractivity contribution in [2.75, 3.05) is 33.5 Å². The van der Waals surface area contributed by atoms with E-state index < -0.39 is 33.7 Å². The first kappa shape index (κ1) is 44.5. The molecule has 6 rings (SSSR count). The van der Waals surface area contributed by atoms with Gasteiger partial charge in [0, 0.05) is 41.6 Å². The number of esters is 1. The zero-order valence-corrected chi connectivity index (χ0v) is 36.8. The average Bonchev–Trinajstić information content (AvgIpc) is 3.74. The van der Waals surface area contributed by atoms with Crippen molar-refractivity contribution in [2.24, 2.45) is 10.7 Å². The first-order chi connectivity index (χ1) is 29.1. The van der Waals surface area contributed by atoms with Gasteiger partial charge in [-0.3, -0.25) is 9.89 Å². The molecule has 1 heterocycles. The van der Waals surface area contributed by atoms with Crippen LogP contribution in [0.2, 0.25) is 0 Å². The smallest absolute Gasteiger partial charge is 0.410 e. The Morgan fingerprint density at radius 1 is 1.02 bits per heavy atom. The maximum atomic E-state index is 14.4. The largest absolute Gasteiger partial charge is 0.497 e. The van der Waals surface area contributed by atoms with Gasteiger partial charge in [-0.15, -0.1) is 0 Å². The fourth-order valence-corrected chi connectivity index (χ4v) is 9.75. The summed E-state index contributed by atoms with van der Waals surface area (Å²) in [6.45, 7) is 15.1. The molecule has 0 unspecified atom stereocenters. The highest BCUT2D eigenvalue weighted by atomic mass is 32.2. The van der Waals surface area contributed by atoms with Crippen molar-refractivity contribution in [3.8, 4) is 28.4 Å². The summed E-state index contributed by atoms with van der Waals surface area (Å²) in [5, 5.41) is 0. The molecule has 1 atom stereocenters. The van der Waals surface area contributed by atoms with Gasteiger partial charge in [0.25, 0.3) is 10.0 Å². The van der Waals surface area contributed by atoms with Crippen molar-refractivity contribution < 1.29 is 41.7 Å². The molecular weight excluding hydrogens is 797 g/mol. The Morgan fingerprint density at radius 3 is 2.33 bits per heavy atom. The lowest BCUT2D eigenvalue weighted by Crippen LogP contribution is -2.46. The average molecular weight is 853 g/mol. The zero-order chi connectivity index (χ0) is 44.1. The molecule has 0 aromatic heterocycles. The van der Waals surface area contributed by atoms with Crippen LogP contribution in [0.5, 0.6) is 17.2 Å². The number of sulfonamides is 1. The topological polar surface area (TPSA) is 168 Å². The Kier molecular flexibility index (Phi) is 13.7. The second-order valence-electron chi connectivity index (χ2n) is 15.8. The molecule has 13 nitrogen and oxygen atoms in total. The summed E-state index contributed by atoms with van der Waals surface area (Å²) in [4.78, 5) is 34.1. The SMILES string of the molecule is C=CCOC(=O)[C@H](CCCN=C(N)NS(=O)(=O)c1c(C)c(C)c2c(c1C)OC(C)(C)C2)N(Cc1ccc(OC)cc1OCC)C(=O)OCC1c2ccccc2-c2ccccc21. The summed E-state index contributed by atoms with van der Waals surface area (Å²) in [5.41, 5.74) is 13.5. The Morgan fingerprint density at radius 2 is 1.69 bits per heavy atom. The second-order valence-corrected chi connectivity index (χ2v) is 17.5. The van der Waals surface area contributed by atoms with Crippen molar-refractivity contribution in [3.63, 3.8) is 0 Å². The first-order valence-electron chi connectivity index (χ1n) is 20.4. The number of hydrogen-bond acceptors (Lipinski definition) is 10. The first-order valence-corrected chi connectivity index (χ1v) is 21.9. The van der Waals surface area contributed by atoms with Gasteiger partial charge in [0.15, 0.2) is 0 Å². The van der Waals surface area contributed by atoms with Gasteiger partial charge >= 0.3 is 12.1 Å². The molecule has 1 amide bonds. The number of carbonyl (C=O) groups is 2. The van der Waals surface area contributed by atoms with Gasteiger partial charge in [-0.05, 0) is 99.9 Å². The number of nitrogens with zero attached hydrogens (tertiary/aromatic N) is 2. The predicted octanol–water partition coefficient (Wildman–Crippen LogP) is 7.65. The van der Waals surface area contributed by atoms with Crippen molar-refractivity contribution in [3.05, 3.63) is 118 Å². The number of amides is 1. The lowest BCUT2D eigenvalue weighted by atomic mass is 9.93. The summed E-state index contributed by atoms with van der Waals surface area (Å²) in [6, 6.07) is 20.1. The number of fused-ring (bicyclic) bond motifs is 4. The van der Waals surface area contributed by atoms with E-state index in [1.54, 1.807) is 39.2 Å². The molecule has 0 spiro atoms. The molecule has 2 aliphatic rings. The molecule has 0 saturated carbocycles. The Bertz CT molecular complexity index is 2400. The van der Waals surface area contributed by atoms with Gasteiger partial charge < -0.3 is 29.4 Å². The quantitative estimate of drug-likeness (QED) is 0.0354. The number of aliphatic imine (C=N–C) groups is 1. The Labute approximate surface area is 358 Å². The number of ether oxygens (including phenoxy) is 5. The molecule has 3 N–H and O–H groups in total. The summed E-state index contributed by atoms with van der Waals surface area (Å²) in [7, 11) is -2.62. The van der Waals surface area contributed by atoms with Gasteiger partial charge in [-0.1, -0.05) is 61.2 Å². The minimum absolute atomic E-state index is 0.0172. The van der Waals surface area contributed by atoms with E-state index in [1.807, 2.05) is 64.1 Å². The van der Waals surface area contributed by atoms with Crippen molar-refractivity contribution in [1.29, 1.82) is 0 Å². The van der Waals surface area contributed by atoms with Crippen molar-refractivity contribution in [1.82, 2.24) is 9.62 Å². The zero-order valence-electron chi connectivity index (χ0n) is 36.0. The highest BCUT2D eigenvalue weighted by Crippen LogP contribution is 2.45. The molecule has 61 heavy (non-hydrogen) atoms. The number of nitrogens with one attached hydrogen (secondary N) is 1. The van der Waals surface area contributed by atoms with Gasteiger partial charge in [0.2, 0.25) is 5.96 Å². The van der Waals surface area contributed by atoms with E-state index in [2.05, 4.69) is 28.4 Å². The highest BCUT2D eigenvalue weighted by Gasteiger charge is 2.38. The monoisotopic (exact) mass is 852 g/mol. The Balaban J connectivity index is 1.24. The third-order valence-electron chi connectivity index (χ3n) is 11.2. The summed E-state index contributed by atoms with van der Waals surface area (Å²) >= 11 is 0. The van der Waals surface area contributed by atoms with Gasteiger partial charge in [-0.2, -0.15) is 0 Å². The molecule has 0 radical (unpaired) electrons. The molecule has 1 aliphatic carbocycles. The fraction of sp³-hybridized carbons (Fsp3) is 0.383. The van der Waals surface area contributed by atoms with E-state index in [9.17, 15) is 18.0 Å². The van der Waals surface area contributed by atoms with Crippen LogP contribution in [-0.4, -0.2) is 76.5 Å². The molecule has 0 bridgehead atoms. The Hall–Kier alpha value is -6.02. The van der Waals surface area contributed by atoms with Crippen molar-refractivity contribution in [2.45, 2.75) is 89.8 Å². The molecule has 4 aromatic carbocycles. The number of guanidine groups is 1. The molecular formula is C47H56N4O9S. The summed E-state index contributed by atoms with van der Waals surface area (Å²) in [6.07, 6.45) is 1.66. The van der Waals surface area contributed by atoms with Crippen LogP contribution in [0.1, 0.15) is 78.5 Å². The summed E-state index contributed by atoms with van der Waals surface area (Å²) in [5.74, 6) is 0.376. The van der Waals surface area contributed by atoms with E-state index in [0.29, 0.717) is 47.0 Å². The molecule has 4 aromatic rings. The molecule has 324 valence electrons. The minimum atomic E-state index is -4.16. The number of carbonyl (C=O) groups excluding carboxylic acids is 2. The standard InChI is InChI=1S/C47H56N4O9S/c1-9-24-58-44(52)40(20-15-23-49-45(48)50-61(54,55)43-30(4)29(3)38-26-47(6,7)60-42(38)31(43)5)51(27-32-21-22-33(56-8)25-41(32)57-10-2)46(53)59-28-39-36-18-13-11-16-34(36)35-17-12-14-19-37(35)39/h9,11-14,16-19,21-22,25,39-40H,1,10,15,20,23-24,26-28H2,2-8H3,(H3,48,49,50)/t40-/m0/s1. The normalized spacial score (nSPS) is 14.5. The van der Waals surface area contributed by atoms with E-state index in [0.717, 1.165) is 33.4 Å². The molecule has 0 fully saturated rings. The molecule has 0 saturated heterocycles. The van der Waals surface area contributed by atoms with Crippen LogP contribution in [0.15, 0.2) is 89.3 Å². The van der Waals surface area contributed by atoms with Crippen LogP contribution in [-0.2, 0) is 37.3 Å². The maximum absolute atomic E-state index is 14.4. The van der Waals surface area contributed by atoms with Gasteiger partial charge in [0.05, 0.1) is 25.2 Å². The maximum Gasteiger partial charge on any atom is 0.410 e. The van der Waals surface area contributed by atoms with Crippen molar-refractivity contribution >= 4 is 28.0 Å². The lowest BCUT2D eigenvalue weighted by Gasteiger charge is -2.30. The number of methoxy groups -OCH3 is 1. The van der Waals surface area contributed by atoms with Crippen LogP contribution >= 0.6 is 0 Å². The van der Waals surface area contributed by atoms with Gasteiger partial charge in [0.1, 0.15) is 42.1 Å². The third kappa shape index (κ3) is 9.64. The number of rotatable bonds is 17. The van der Waals surface area contributed by atoms with Crippen LogP contribution in [0, 0.1) is 20.8 Å². The van der Waals surface area contributed by atoms with E-state index in [4.69, 9.17) is 29.4 Å². The lowest BCUT2D eigenvalue weighted by molar-refractivity contribution is -0.148. The molecule has 14 heteroatoms. The second kappa shape index (κ2) is 18.7. The van der Waals surface area contributed by atoms with Crippen LogP contribution in [0.25, 0.3) is 11.1 Å². The predicted molar refractivity (Wildman–Crippen MR) is 235 cm³/mol. The van der Waals surface area contributed by atoms with Crippen LogP contribution < -0.4 is 24.7 Å². The molecule has 1 aliphatic heterocycles. The summed E-state index contributed by atoms with van der Waals surface area (Å²) < 4.78 is 59.3. The van der Waals surface area contributed by atoms with E-state index in [-0.39, 0.29) is 55.9 Å². The number of hydrogen-bond donors (Lipinski definition) is 2.